The van der Waals surface area contributed by atoms with E-state index in [9.17, 15) is 19.0 Å². The minimum atomic E-state index is -4.38. The Morgan fingerprint density at radius 2 is 1.09 bits per heavy atom. The van der Waals surface area contributed by atoms with Crippen LogP contribution in [0.25, 0.3) is 0 Å². The topological polar surface area (TPSA) is 108 Å². The van der Waals surface area contributed by atoms with Crippen LogP contribution in [0.2, 0.25) is 0 Å². The van der Waals surface area contributed by atoms with E-state index in [1.54, 1.807) is 0 Å². The van der Waals surface area contributed by atoms with Gasteiger partial charge in [0.05, 0.1) is 27.7 Å². The van der Waals surface area contributed by atoms with E-state index >= 15 is 0 Å². The van der Waals surface area contributed by atoms with E-state index in [2.05, 4.69) is 44.2 Å². The maximum atomic E-state index is 12.6. The first-order chi connectivity index (χ1) is 25.5. The van der Waals surface area contributed by atoms with Crippen LogP contribution < -0.4 is 0 Å². The Labute approximate surface area is 324 Å². The lowest BCUT2D eigenvalue weighted by molar-refractivity contribution is -0.870. The molecular formula is C43H79NO8P+. The number of phosphoric acid groups is 1. The van der Waals surface area contributed by atoms with Gasteiger partial charge in [-0.05, 0) is 57.8 Å². The number of unbranched alkanes of at least 4 members (excludes halogenated alkanes) is 17. The summed E-state index contributed by atoms with van der Waals surface area (Å²) in [7, 11) is 1.45. The first kappa shape index (κ1) is 51.0. The maximum Gasteiger partial charge on any atom is 0.472 e. The molecule has 2 atom stereocenters. The molecule has 0 bridgehead atoms. The largest absolute Gasteiger partial charge is 0.472 e. The van der Waals surface area contributed by atoms with Gasteiger partial charge in [-0.2, -0.15) is 0 Å². The zero-order valence-corrected chi connectivity index (χ0v) is 35.4. The number of hydrogen-bond donors (Lipinski definition) is 1. The van der Waals surface area contributed by atoms with Crippen LogP contribution >= 0.6 is 7.82 Å². The van der Waals surface area contributed by atoms with Gasteiger partial charge in [0.15, 0.2) is 6.10 Å². The molecule has 0 aliphatic heterocycles. The van der Waals surface area contributed by atoms with E-state index in [-0.39, 0.29) is 32.0 Å². The number of phosphoric ester groups is 1. The number of quaternary nitrogens is 1. The van der Waals surface area contributed by atoms with Gasteiger partial charge in [0.25, 0.3) is 0 Å². The average Bonchev–Trinajstić information content (AvgIpc) is 3.10. The first-order valence-electron chi connectivity index (χ1n) is 20.9. The molecule has 1 N–H and O–H groups in total. The van der Waals surface area contributed by atoms with Gasteiger partial charge in [-0.25, -0.2) is 4.57 Å². The lowest BCUT2D eigenvalue weighted by atomic mass is 10.1. The van der Waals surface area contributed by atoms with Gasteiger partial charge in [0.1, 0.15) is 19.8 Å². The summed E-state index contributed by atoms with van der Waals surface area (Å²) in [6, 6.07) is 0. The van der Waals surface area contributed by atoms with Gasteiger partial charge >= 0.3 is 19.8 Å². The van der Waals surface area contributed by atoms with Crippen molar-refractivity contribution in [2.24, 2.45) is 0 Å². The molecule has 0 fully saturated rings. The fraction of sp³-hybridized carbons (Fsp3) is 0.767. The summed E-state index contributed by atoms with van der Waals surface area (Å²) in [6.07, 6.45) is 40.2. The number of nitrogens with zero attached hydrogens (tertiary/aromatic N) is 1. The fourth-order valence-electron chi connectivity index (χ4n) is 5.36. The van der Waals surface area contributed by atoms with E-state index in [1.807, 2.05) is 39.4 Å². The molecule has 308 valence electrons. The second-order valence-corrected chi connectivity index (χ2v) is 16.5. The molecule has 0 saturated carbocycles. The number of likely N-dealkylation sites (N-methyl/N-ethyl adjacent to an activating group) is 1. The van der Waals surface area contributed by atoms with Gasteiger partial charge in [-0.15, -0.1) is 0 Å². The minimum absolute atomic E-state index is 0.0245. The number of allylic oxidation sites excluding steroid dienone is 8. The molecule has 0 aliphatic carbocycles. The van der Waals surface area contributed by atoms with Crippen LogP contribution in [0.15, 0.2) is 48.6 Å². The molecule has 0 radical (unpaired) electrons. The molecule has 9 nitrogen and oxygen atoms in total. The van der Waals surface area contributed by atoms with Crippen LogP contribution in [0, 0.1) is 0 Å². The lowest BCUT2D eigenvalue weighted by Gasteiger charge is -2.24. The number of carbonyl (C=O) groups is 2. The van der Waals surface area contributed by atoms with Crippen LogP contribution in [0.1, 0.15) is 162 Å². The van der Waals surface area contributed by atoms with Crippen molar-refractivity contribution in [2.45, 2.75) is 168 Å². The number of esters is 2. The molecule has 10 heteroatoms. The Balaban J connectivity index is 4.42. The summed E-state index contributed by atoms with van der Waals surface area (Å²) in [5, 5.41) is 0. The minimum Gasteiger partial charge on any atom is -0.462 e. The van der Waals surface area contributed by atoms with Crippen molar-refractivity contribution in [1.29, 1.82) is 0 Å². The van der Waals surface area contributed by atoms with E-state index < -0.39 is 26.5 Å². The Kier molecular flexibility index (Phi) is 34.3. The summed E-state index contributed by atoms with van der Waals surface area (Å²) in [5.41, 5.74) is 0. The molecular weight excluding hydrogens is 689 g/mol. The third kappa shape index (κ3) is 39.5. The summed E-state index contributed by atoms with van der Waals surface area (Å²) in [4.78, 5) is 35.3. The Bertz CT molecular complexity index is 1050. The van der Waals surface area contributed by atoms with E-state index in [0.717, 1.165) is 77.0 Å². The van der Waals surface area contributed by atoms with E-state index in [0.29, 0.717) is 17.4 Å². The van der Waals surface area contributed by atoms with Crippen molar-refractivity contribution in [3.63, 3.8) is 0 Å². The average molecular weight is 769 g/mol. The molecule has 0 heterocycles. The molecule has 0 spiro atoms. The molecule has 2 unspecified atom stereocenters. The molecule has 0 aromatic rings. The predicted octanol–water partition coefficient (Wildman–Crippen LogP) is 11.5. The van der Waals surface area contributed by atoms with Crippen molar-refractivity contribution >= 4 is 19.8 Å². The highest BCUT2D eigenvalue weighted by molar-refractivity contribution is 7.47. The van der Waals surface area contributed by atoms with Crippen LogP contribution in [0.5, 0.6) is 0 Å². The van der Waals surface area contributed by atoms with Crippen LogP contribution in [-0.2, 0) is 32.7 Å². The first-order valence-corrected chi connectivity index (χ1v) is 22.4. The third-order valence-corrected chi connectivity index (χ3v) is 9.64. The number of ether oxygens (including phenoxy) is 2. The molecule has 0 aliphatic rings. The molecule has 53 heavy (non-hydrogen) atoms. The Hall–Kier alpha value is -2.03. The summed E-state index contributed by atoms with van der Waals surface area (Å²) in [5.74, 6) is -0.835. The molecule has 0 aromatic carbocycles. The molecule has 0 rings (SSSR count). The lowest BCUT2D eigenvalue weighted by Crippen LogP contribution is -2.37. The van der Waals surface area contributed by atoms with Gasteiger partial charge < -0.3 is 18.9 Å². The highest BCUT2D eigenvalue weighted by Crippen LogP contribution is 2.43. The second-order valence-electron chi connectivity index (χ2n) is 15.1. The van der Waals surface area contributed by atoms with E-state index in [1.165, 1.54) is 51.4 Å². The van der Waals surface area contributed by atoms with Crippen LogP contribution in [0.3, 0.4) is 0 Å². The molecule has 0 saturated heterocycles. The van der Waals surface area contributed by atoms with Crippen molar-refractivity contribution in [1.82, 2.24) is 0 Å². The zero-order valence-electron chi connectivity index (χ0n) is 34.5. The molecule has 0 aromatic heterocycles. The van der Waals surface area contributed by atoms with Crippen LogP contribution in [0.4, 0.5) is 0 Å². The highest BCUT2D eigenvalue weighted by atomic mass is 31.2. The van der Waals surface area contributed by atoms with Gasteiger partial charge in [0, 0.05) is 12.8 Å². The monoisotopic (exact) mass is 769 g/mol. The van der Waals surface area contributed by atoms with Gasteiger partial charge in [0.2, 0.25) is 0 Å². The predicted molar refractivity (Wildman–Crippen MR) is 220 cm³/mol. The quantitative estimate of drug-likeness (QED) is 0.0166. The number of hydrogen-bond acceptors (Lipinski definition) is 7. The second kappa shape index (κ2) is 35.7. The molecule has 0 amide bonds. The summed E-state index contributed by atoms with van der Waals surface area (Å²) >= 11 is 0. The van der Waals surface area contributed by atoms with Gasteiger partial charge in [-0.1, -0.05) is 140 Å². The summed E-state index contributed by atoms with van der Waals surface area (Å²) < 4.78 is 34.2. The number of rotatable bonds is 37. The van der Waals surface area contributed by atoms with Crippen molar-refractivity contribution in [2.75, 3.05) is 47.5 Å². The summed E-state index contributed by atoms with van der Waals surface area (Å²) in [6.45, 7) is 4.24. The zero-order chi connectivity index (χ0) is 39.3. The highest BCUT2D eigenvalue weighted by Gasteiger charge is 2.27. The van der Waals surface area contributed by atoms with Crippen molar-refractivity contribution in [3.05, 3.63) is 48.6 Å². The van der Waals surface area contributed by atoms with Crippen molar-refractivity contribution < 1.29 is 42.1 Å². The van der Waals surface area contributed by atoms with E-state index in [4.69, 9.17) is 18.5 Å². The Morgan fingerprint density at radius 3 is 1.64 bits per heavy atom. The van der Waals surface area contributed by atoms with Gasteiger partial charge in [-0.3, -0.25) is 18.6 Å². The Morgan fingerprint density at radius 1 is 0.604 bits per heavy atom. The normalized spacial score (nSPS) is 14.2. The smallest absolute Gasteiger partial charge is 0.462 e. The SMILES string of the molecule is CC/C=C/C=C/C=C/CCCCCCCC(=O)OC(COC(=O)CCCCCCC/C=C/CCCCCCCCC)COP(=O)(O)OCC[N+](C)(C)C. The van der Waals surface area contributed by atoms with Crippen molar-refractivity contribution in [3.8, 4) is 0 Å². The fourth-order valence-corrected chi connectivity index (χ4v) is 6.10. The van der Waals surface area contributed by atoms with Crippen LogP contribution in [-0.4, -0.2) is 74.9 Å². The third-order valence-electron chi connectivity index (χ3n) is 8.65. The maximum absolute atomic E-state index is 12.6. The number of carbonyl (C=O) groups excluding carboxylic acids is 2. The standard InChI is InChI=1S/C43H78NO8P/c1-6-8-10-12-14-16-18-20-21-22-24-25-27-29-31-33-35-42(45)49-39-41(40-51-53(47,48)50-38-37-44(3,4)5)52-43(46)36-34-32-30-28-26-23-19-17-15-13-11-9-7-2/h9,11,13,15,17,19,21-22,41H,6-8,10,12,14,16,18,20,23-40H2,1-5H3/p+1/b11-9+,15-13+,19-17+,22-21+.